The highest BCUT2D eigenvalue weighted by molar-refractivity contribution is 5.94. The van der Waals surface area contributed by atoms with E-state index in [0.717, 1.165) is 46.8 Å². The van der Waals surface area contributed by atoms with Crippen molar-refractivity contribution in [1.82, 2.24) is 4.98 Å². The highest BCUT2D eigenvalue weighted by Gasteiger charge is 2.15. The first-order chi connectivity index (χ1) is 14.1. The number of hydrogen-bond donors (Lipinski definition) is 1. The largest absolute Gasteiger partial charge is 0.497 e. The third kappa shape index (κ3) is 4.50. The van der Waals surface area contributed by atoms with Crippen LogP contribution in [0.15, 0.2) is 48.5 Å². The third-order valence-corrected chi connectivity index (χ3v) is 5.52. The number of nitrogens with zero attached hydrogens (tertiary/aromatic N) is 2. The monoisotopic (exact) mass is 389 g/mol. The number of carbonyl (C=O) groups is 1. The summed E-state index contributed by atoms with van der Waals surface area (Å²) < 4.78 is 5.17. The zero-order chi connectivity index (χ0) is 20.2. The van der Waals surface area contributed by atoms with Crippen molar-refractivity contribution >= 4 is 28.3 Å². The Labute approximate surface area is 171 Å². The molecule has 2 aromatic carbocycles. The molecule has 1 aromatic heterocycles. The number of pyridine rings is 1. The van der Waals surface area contributed by atoms with Gasteiger partial charge in [0, 0.05) is 30.6 Å². The molecule has 29 heavy (non-hydrogen) atoms. The fraction of sp³-hybridized carbons (Fsp3) is 0.333. The lowest BCUT2D eigenvalue weighted by Gasteiger charge is -2.18. The van der Waals surface area contributed by atoms with Crippen LogP contribution in [0.5, 0.6) is 5.75 Å². The molecule has 3 aromatic rings. The van der Waals surface area contributed by atoms with Gasteiger partial charge in [-0.1, -0.05) is 12.1 Å². The molecule has 0 atom stereocenters. The van der Waals surface area contributed by atoms with Crippen molar-refractivity contribution in [2.24, 2.45) is 0 Å². The Morgan fingerprint density at radius 2 is 1.86 bits per heavy atom. The number of ether oxygens (including phenoxy) is 1. The molecule has 4 rings (SSSR count). The Morgan fingerprint density at radius 1 is 1.10 bits per heavy atom. The molecule has 1 aliphatic heterocycles. The van der Waals surface area contributed by atoms with E-state index in [1.807, 2.05) is 42.5 Å². The molecule has 0 bridgehead atoms. The molecule has 1 amide bonds. The molecule has 1 N–H and O–H groups in total. The number of methoxy groups -OCH3 is 1. The highest BCUT2D eigenvalue weighted by atomic mass is 16.5. The minimum Gasteiger partial charge on any atom is -0.497 e. The van der Waals surface area contributed by atoms with Crippen molar-refractivity contribution in [3.8, 4) is 5.75 Å². The van der Waals surface area contributed by atoms with Crippen LogP contribution in [-0.2, 0) is 11.2 Å². The number of rotatable bonds is 6. The molecule has 2 heterocycles. The average Bonchev–Trinajstić information content (AvgIpc) is 3.28. The zero-order valence-corrected chi connectivity index (χ0v) is 17.1. The van der Waals surface area contributed by atoms with Crippen LogP contribution in [0, 0.1) is 6.92 Å². The van der Waals surface area contributed by atoms with E-state index in [1.54, 1.807) is 7.11 Å². The van der Waals surface area contributed by atoms with Gasteiger partial charge < -0.3 is 15.0 Å². The molecule has 0 saturated carbocycles. The van der Waals surface area contributed by atoms with Crippen molar-refractivity contribution < 1.29 is 9.53 Å². The molecule has 0 spiro atoms. The average molecular weight is 389 g/mol. The fourth-order valence-electron chi connectivity index (χ4n) is 3.84. The molecule has 0 unspecified atom stereocenters. The number of aromatic nitrogens is 1. The maximum Gasteiger partial charge on any atom is 0.224 e. The van der Waals surface area contributed by atoms with Crippen LogP contribution in [0.1, 0.15) is 30.4 Å². The maximum atomic E-state index is 12.4. The van der Waals surface area contributed by atoms with Gasteiger partial charge in [-0.15, -0.1) is 0 Å². The number of benzene rings is 2. The van der Waals surface area contributed by atoms with Gasteiger partial charge in [0.25, 0.3) is 0 Å². The molecular formula is C24H27N3O2. The summed E-state index contributed by atoms with van der Waals surface area (Å²) in [6.45, 7) is 4.28. The maximum absolute atomic E-state index is 12.4. The van der Waals surface area contributed by atoms with E-state index < -0.39 is 0 Å². The summed E-state index contributed by atoms with van der Waals surface area (Å²) in [7, 11) is 1.65. The Bertz CT molecular complexity index is 1010. The van der Waals surface area contributed by atoms with Crippen LogP contribution in [0.4, 0.5) is 11.5 Å². The van der Waals surface area contributed by atoms with Gasteiger partial charge in [-0.05, 0) is 73.7 Å². The fourth-order valence-corrected chi connectivity index (χ4v) is 3.84. The van der Waals surface area contributed by atoms with Crippen LogP contribution in [-0.4, -0.2) is 31.1 Å². The number of anilines is 2. The lowest BCUT2D eigenvalue weighted by atomic mass is 10.1. The number of fused-ring (bicyclic) bond motifs is 1. The number of amides is 1. The predicted octanol–water partition coefficient (Wildman–Crippen LogP) is 4.72. The van der Waals surface area contributed by atoms with Crippen molar-refractivity contribution in [2.75, 3.05) is 30.4 Å². The van der Waals surface area contributed by atoms with E-state index in [2.05, 4.69) is 23.2 Å². The zero-order valence-electron chi connectivity index (χ0n) is 17.1. The number of nitrogens with one attached hydrogen (secondary N) is 1. The normalized spacial score (nSPS) is 13.7. The standard InChI is InChI=1S/C24H27N3O2/c1-17-15-23(27-13-3-4-14-27)26-22-11-8-19(16-21(17)22)25-24(28)12-7-18-5-9-20(29-2)10-6-18/h5-6,8-11,15-16H,3-4,7,12-14H2,1-2H3,(H,25,28). The highest BCUT2D eigenvalue weighted by Crippen LogP contribution is 2.27. The molecule has 5 heteroatoms. The van der Waals surface area contributed by atoms with Crippen LogP contribution >= 0.6 is 0 Å². The summed E-state index contributed by atoms with van der Waals surface area (Å²) in [6.07, 6.45) is 3.61. The summed E-state index contributed by atoms with van der Waals surface area (Å²) in [5.41, 5.74) is 4.10. The van der Waals surface area contributed by atoms with E-state index in [4.69, 9.17) is 9.72 Å². The first kappa shape index (κ1) is 19.2. The molecule has 0 aliphatic carbocycles. The lowest BCUT2D eigenvalue weighted by Crippen LogP contribution is -2.19. The second-order valence-corrected chi connectivity index (χ2v) is 7.62. The smallest absolute Gasteiger partial charge is 0.224 e. The second kappa shape index (κ2) is 8.52. The summed E-state index contributed by atoms with van der Waals surface area (Å²) in [5.74, 6) is 1.90. The van der Waals surface area contributed by atoms with Gasteiger partial charge in [0.2, 0.25) is 5.91 Å². The van der Waals surface area contributed by atoms with Crippen molar-refractivity contribution in [3.63, 3.8) is 0 Å². The van der Waals surface area contributed by atoms with Crippen LogP contribution < -0.4 is 15.0 Å². The van der Waals surface area contributed by atoms with Gasteiger partial charge in [0.05, 0.1) is 12.6 Å². The van der Waals surface area contributed by atoms with E-state index in [1.165, 1.54) is 18.4 Å². The summed E-state index contributed by atoms with van der Waals surface area (Å²) in [4.78, 5) is 19.6. The first-order valence-corrected chi connectivity index (χ1v) is 10.2. The van der Waals surface area contributed by atoms with E-state index in [9.17, 15) is 4.79 Å². The predicted molar refractivity (Wildman–Crippen MR) is 118 cm³/mol. The molecule has 150 valence electrons. The summed E-state index contributed by atoms with van der Waals surface area (Å²) in [6, 6.07) is 15.9. The van der Waals surface area contributed by atoms with Gasteiger partial charge >= 0.3 is 0 Å². The Morgan fingerprint density at radius 3 is 2.59 bits per heavy atom. The molecular weight excluding hydrogens is 362 g/mol. The lowest BCUT2D eigenvalue weighted by molar-refractivity contribution is -0.116. The quantitative estimate of drug-likeness (QED) is 0.663. The molecule has 0 radical (unpaired) electrons. The van der Waals surface area contributed by atoms with Crippen molar-refractivity contribution in [1.29, 1.82) is 0 Å². The number of hydrogen-bond acceptors (Lipinski definition) is 4. The van der Waals surface area contributed by atoms with Crippen LogP contribution in [0.25, 0.3) is 10.9 Å². The molecule has 1 saturated heterocycles. The Kier molecular flexibility index (Phi) is 5.65. The molecule has 5 nitrogen and oxygen atoms in total. The third-order valence-electron chi connectivity index (χ3n) is 5.52. The summed E-state index contributed by atoms with van der Waals surface area (Å²) in [5, 5.41) is 4.11. The van der Waals surface area contributed by atoms with Crippen molar-refractivity contribution in [2.45, 2.75) is 32.6 Å². The minimum atomic E-state index is 0.0134. The number of aryl methyl sites for hydroxylation is 2. The van der Waals surface area contributed by atoms with Gasteiger partial charge in [-0.25, -0.2) is 4.98 Å². The Balaban J connectivity index is 1.42. The number of carbonyl (C=O) groups excluding carboxylic acids is 1. The SMILES string of the molecule is COc1ccc(CCC(=O)Nc2ccc3nc(N4CCCC4)cc(C)c3c2)cc1. The topological polar surface area (TPSA) is 54.5 Å². The van der Waals surface area contributed by atoms with Gasteiger partial charge in [0.1, 0.15) is 11.6 Å². The molecule has 1 fully saturated rings. The second-order valence-electron chi connectivity index (χ2n) is 7.62. The van der Waals surface area contributed by atoms with Crippen molar-refractivity contribution in [3.05, 3.63) is 59.7 Å². The van der Waals surface area contributed by atoms with E-state index in [0.29, 0.717) is 12.8 Å². The van der Waals surface area contributed by atoms with Crippen LogP contribution in [0.2, 0.25) is 0 Å². The van der Waals surface area contributed by atoms with Crippen LogP contribution in [0.3, 0.4) is 0 Å². The first-order valence-electron chi connectivity index (χ1n) is 10.2. The van der Waals surface area contributed by atoms with E-state index >= 15 is 0 Å². The van der Waals surface area contributed by atoms with Gasteiger partial charge in [-0.3, -0.25) is 4.79 Å². The minimum absolute atomic E-state index is 0.0134. The Hall–Kier alpha value is -3.08. The van der Waals surface area contributed by atoms with Gasteiger partial charge in [-0.2, -0.15) is 0 Å². The summed E-state index contributed by atoms with van der Waals surface area (Å²) >= 11 is 0. The van der Waals surface area contributed by atoms with E-state index in [-0.39, 0.29) is 5.91 Å². The molecule has 1 aliphatic rings. The van der Waals surface area contributed by atoms with Gasteiger partial charge in [0.15, 0.2) is 0 Å².